The largest absolute Gasteiger partial charge is 0.338 e. The van der Waals surface area contributed by atoms with Crippen LogP contribution in [0.25, 0.3) is 0 Å². The van der Waals surface area contributed by atoms with E-state index in [1.54, 1.807) is 13.8 Å². The van der Waals surface area contributed by atoms with E-state index in [1.807, 2.05) is 24.1 Å². The van der Waals surface area contributed by atoms with E-state index >= 15 is 0 Å². The smallest absolute Gasteiger partial charge is 0.321 e. The molecule has 1 aromatic rings. The zero-order valence-electron chi connectivity index (χ0n) is 11.2. The molecule has 0 aliphatic carbocycles. The topological polar surface area (TPSA) is 61.4 Å². The van der Waals surface area contributed by atoms with Gasteiger partial charge in [-0.05, 0) is 33.0 Å². The van der Waals surface area contributed by atoms with Crippen LogP contribution in [0.15, 0.2) is 12.1 Å². The summed E-state index contributed by atoms with van der Waals surface area (Å²) < 4.78 is 0.725. The molecule has 1 aromatic heterocycles. The molecule has 5 nitrogen and oxygen atoms in total. The van der Waals surface area contributed by atoms with Gasteiger partial charge in [-0.3, -0.25) is 15.0 Å². The summed E-state index contributed by atoms with van der Waals surface area (Å²) in [5, 5.41) is 4.82. The van der Waals surface area contributed by atoms with Gasteiger partial charge in [0.1, 0.15) is 0 Å². The predicted molar refractivity (Wildman–Crippen MR) is 77.5 cm³/mol. The Bertz CT molecular complexity index is 450. The second kappa shape index (κ2) is 7.47. The van der Waals surface area contributed by atoms with Crippen molar-refractivity contribution in [3.05, 3.63) is 21.3 Å². The van der Waals surface area contributed by atoms with Crippen LogP contribution < -0.4 is 10.6 Å². The average Bonchev–Trinajstić information content (AvgIpc) is 2.73. The van der Waals surface area contributed by atoms with Gasteiger partial charge in [0.25, 0.3) is 0 Å². The van der Waals surface area contributed by atoms with Crippen molar-refractivity contribution in [3.63, 3.8) is 0 Å². The normalized spacial score (nSPS) is 12.3. The molecule has 0 aliphatic heterocycles. The summed E-state index contributed by atoms with van der Waals surface area (Å²) in [5.74, 6) is -0.323. The number of nitrogens with zero attached hydrogens (tertiary/aromatic N) is 1. The second-order valence-electron chi connectivity index (χ2n) is 4.15. The van der Waals surface area contributed by atoms with E-state index in [4.69, 9.17) is 11.6 Å². The zero-order chi connectivity index (χ0) is 14.4. The molecule has 0 aliphatic rings. The van der Waals surface area contributed by atoms with Crippen molar-refractivity contribution < 1.29 is 9.59 Å². The molecule has 0 bridgehead atoms. The Morgan fingerprint density at radius 3 is 2.68 bits per heavy atom. The third-order valence-electron chi connectivity index (χ3n) is 2.65. The first kappa shape index (κ1) is 15.9. The van der Waals surface area contributed by atoms with Gasteiger partial charge in [0.2, 0.25) is 5.91 Å². The molecule has 0 saturated heterocycles. The lowest BCUT2D eigenvalue weighted by Crippen LogP contribution is -2.48. The number of urea groups is 1. The molecule has 1 rings (SSSR count). The number of rotatable bonds is 5. The van der Waals surface area contributed by atoms with Gasteiger partial charge in [-0.1, -0.05) is 11.6 Å². The molecule has 0 fully saturated rings. The van der Waals surface area contributed by atoms with E-state index < -0.39 is 12.1 Å². The number of likely N-dealkylation sites (N-methyl/N-ethyl adjacent to an activating group) is 1. The summed E-state index contributed by atoms with van der Waals surface area (Å²) in [6.07, 6.45) is 0. The van der Waals surface area contributed by atoms with Crippen LogP contribution in [-0.2, 0) is 11.3 Å². The molecule has 3 amide bonds. The molecule has 1 heterocycles. The number of imide groups is 1. The zero-order valence-corrected chi connectivity index (χ0v) is 12.8. The summed E-state index contributed by atoms with van der Waals surface area (Å²) >= 11 is 7.34. The van der Waals surface area contributed by atoms with E-state index in [1.165, 1.54) is 11.3 Å². The third kappa shape index (κ3) is 5.18. The van der Waals surface area contributed by atoms with Crippen LogP contribution in [0, 0.1) is 0 Å². The minimum Gasteiger partial charge on any atom is -0.338 e. The minimum atomic E-state index is -0.466. The van der Waals surface area contributed by atoms with E-state index in [0.29, 0.717) is 13.1 Å². The Morgan fingerprint density at radius 1 is 1.47 bits per heavy atom. The standard InChI is InChI=1S/C12H18ClN3O2S/c1-4-14-12(18)15-11(17)8(2)16(3)7-9-5-6-10(13)19-9/h5-6,8H,4,7H2,1-3H3,(H2,14,15,17,18). The number of hydrogen-bond donors (Lipinski definition) is 2. The average molecular weight is 304 g/mol. The van der Waals surface area contributed by atoms with Crippen molar-refractivity contribution in [1.82, 2.24) is 15.5 Å². The minimum absolute atomic E-state index is 0.323. The molecular weight excluding hydrogens is 286 g/mol. The SMILES string of the molecule is CCNC(=O)NC(=O)C(C)N(C)Cc1ccc(Cl)s1. The molecule has 0 radical (unpaired) electrons. The second-order valence-corrected chi connectivity index (χ2v) is 5.95. The molecule has 2 N–H and O–H groups in total. The van der Waals surface area contributed by atoms with Gasteiger partial charge >= 0.3 is 6.03 Å². The molecule has 0 saturated carbocycles. The van der Waals surface area contributed by atoms with Crippen molar-refractivity contribution >= 4 is 34.9 Å². The molecule has 7 heteroatoms. The predicted octanol–water partition coefficient (Wildman–Crippen LogP) is 2.07. The van der Waals surface area contributed by atoms with Gasteiger partial charge in [0.05, 0.1) is 10.4 Å². The monoisotopic (exact) mass is 303 g/mol. The summed E-state index contributed by atoms with van der Waals surface area (Å²) in [6.45, 7) is 4.64. The Morgan fingerprint density at radius 2 is 2.16 bits per heavy atom. The molecule has 0 spiro atoms. The van der Waals surface area contributed by atoms with Gasteiger partial charge < -0.3 is 5.32 Å². The van der Waals surface area contributed by atoms with Crippen molar-refractivity contribution in [2.45, 2.75) is 26.4 Å². The lowest BCUT2D eigenvalue weighted by atomic mass is 10.2. The Kier molecular flexibility index (Phi) is 6.27. The van der Waals surface area contributed by atoms with Crippen LogP contribution in [-0.4, -0.2) is 36.5 Å². The van der Waals surface area contributed by atoms with E-state index in [-0.39, 0.29) is 5.91 Å². The van der Waals surface area contributed by atoms with Gasteiger partial charge in [0, 0.05) is 18.0 Å². The lowest BCUT2D eigenvalue weighted by Gasteiger charge is -2.22. The van der Waals surface area contributed by atoms with E-state index in [9.17, 15) is 9.59 Å². The number of hydrogen-bond acceptors (Lipinski definition) is 4. The maximum absolute atomic E-state index is 11.8. The molecular formula is C12H18ClN3O2S. The van der Waals surface area contributed by atoms with Crippen LogP contribution in [0.5, 0.6) is 0 Å². The number of carbonyl (C=O) groups is 2. The van der Waals surface area contributed by atoms with Gasteiger partial charge in [-0.25, -0.2) is 4.79 Å². The van der Waals surface area contributed by atoms with Crippen molar-refractivity contribution in [2.75, 3.05) is 13.6 Å². The Labute approximate surface area is 121 Å². The lowest BCUT2D eigenvalue weighted by molar-refractivity contribution is -0.124. The van der Waals surface area contributed by atoms with Gasteiger partial charge in [0.15, 0.2) is 0 Å². The highest BCUT2D eigenvalue weighted by molar-refractivity contribution is 7.16. The Balaban J connectivity index is 2.49. The Hall–Kier alpha value is -1.11. The highest BCUT2D eigenvalue weighted by atomic mass is 35.5. The molecule has 106 valence electrons. The molecule has 1 unspecified atom stereocenters. The molecule has 19 heavy (non-hydrogen) atoms. The van der Waals surface area contributed by atoms with Crippen molar-refractivity contribution in [2.24, 2.45) is 0 Å². The number of nitrogens with one attached hydrogen (secondary N) is 2. The van der Waals surface area contributed by atoms with Crippen LogP contribution >= 0.6 is 22.9 Å². The van der Waals surface area contributed by atoms with Crippen LogP contribution in [0.3, 0.4) is 0 Å². The first-order valence-electron chi connectivity index (χ1n) is 5.97. The molecule has 0 aromatic carbocycles. The third-order valence-corrected chi connectivity index (χ3v) is 3.86. The fourth-order valence-corrected chi connectivity index (χ4v) is 2.59. The van der Waals surface area contributed by atoms with Crippen LogP contribution in [0.4, 0.5) is 4.79 Å². The maximum atomic E-state index is 11.8. The highest BCUT2D eigenvalue weighted by Crippen LogP contribution is 2.22. The quantitative estimate of drug-likeness (QED) is 0.875. The summed E-state index contributed by atoms with van der Waals surface area (Å²) in [7, 11) is 1.83. The van der Waals surface area contributed by atoms with E-state index in [0.717, 1.165) is 9.21 Å². The van der Waals surface area contributed by atoms with Gasteiger partial charge in [-0.15, -0.1) is 11.3 Å². The number of halogens is 1. The number of amides is 3. The van der Waals surface area contributed by atoms with Crippen LogP contribution in [0.2, 0.25) is 4.34 Å². The van der Waals surface area contributed by atoms with Gasteiger partial charge in [-0.2, -0.15) is 0 Å². The first-order chi connectivity index (χ1) is 8.93. The summed E-state index contributed by atoms with van der Waals surface area (Å²) in [6, 6.07) is 2.89. The van der Waals surface area contributed by atoms with Crippen molar-refractivity contribution in [1.29, 1.82) is 0 Å². The number of carbonyl (C=O) groups excluding carboxylic acids is 2. The number of thiophene rings is 1. The summed E-state index contributed by atoms with van der Waals surface area (Å²) in [5.41, 5.74) is 0. The molecule has 1 atom stereocenters. The maximum Gasteiger partial charge on any atom is 0.321 e. The van der Waals surface area contributed by atoms with Crippen LogP contribution in [0.1, 0.15) is 18.7 Å². The summed E-state index contributed by atoms with van der Waals surface area (Å²) in [4.78, 5) is 26.0. The fourth-order valence-electron chi connectivity index (χ4n) is 1.44. The fraction of sp³-hybridized carbons (Fsp3) is 0.500. The van der Waals surface area contributed by atoms with E-state index in [2.05, 4.69) is 10.6 Å². The highest BCUT2D eigenvalue weighted by Gasteiger charge is 2.20. The van der Waals surface area contributed by atoms with Crippen molar-refractivity contribution in [3.8, 4) is 0 Å². The first-order valence-corrected chi connectivity index (χ1v) is 7.16.